The van der Waals surface area contributed by atoms with Crippen LogP contribution >= 0.6 is 0 Å². The van der Waals surface area contributed by atoms with E-state index in [2.05, 4.69) is 41.2 Å². The highest BCUT2D eigenvalue weighted by molar-refractivity contribution is 5.74. The van der Waals surface area contributed by atoms with Crippen LogP contribution in [-0.4, -0.2) is 22.1 Å². The summed E-state index contributed by atoms with van der Waals surface area (Å²) < 4.78 is 5.29. The van der Waals surface area contributed by atoms with Crippen molar-refractivity contribution in [3.8, 4) is 5.75 Å². The van der Waals surface area contributed by atoms with E-state index in [1.807, 2.05) is 12.4 Å². The predicted octanol–water partition coefficient (Wildman–Crippen LogP) is 4.72. The first-order valence-electron chi connectivity index (χ1n) is 8.71. The number of hydrogen-bond acceptors (Lipinski definition) is 3. The number of H-pyrrole nitrogens is 1. The summed E-state index contributed by atoms with van der Waals surface area (Å²) in [5.41, 5.74) is 5.56. The number of nitrogens with zero attached hydrogens (tertiary/aromatic N) is 2. The summed E-state index contributed by atoms with van der Waals surface area (Å²) in [4.78, 5) is 12.7. The molecule has 0 spiro atoms. The van der Waals surface area contributed by atoms with Crippen molar-refractivity contribution in [1.82, 2.24) is 15.0 Å². The summed E-state index contributed by atoms with van der Waals surface area (Å²) >= 11 is 0. The molecule has 4 nitrogen and oxygen atoms in total. The fourth-order valence-electron chi connectivity index (χ4n) is 3.94. The minimum Gasteiger partial charge on any atom is -0.497 e. The molecule has 2 heterocycles. The predicted molar refractivity (Wildman–Crippen MR) is 95.6 cm³/mol. The zero-order valence-corrected chi connectivity index (χ0v) is 14.2. The van der Waals surface area contributed by atoms with E-state index >= 15 is 0 Å². The van der Waals surface area contributed by atoms with E-state index in [1.54, 1.807) is 7.11 Å². The van der Waals surface area contributed by atoms with Gasteiger partial charge >= 0.3 is 0 Å². The Balaban J connectivity index is 1.70. The monoisotopic (exact) mass is 321 g/mol. The Morgan fingerprint density at radius 1 is 1.08 bits per heavy atom. The van der Waals surface area contributed by atoms with Crippen molar-refractivity contribution in [2.75, 3.05) is 7.11 Å². The highest BCUT2D eigenvalue weighted by Crippen LogP contribution is 2.43. The average Bonchev–Trinajstić information content (AvgIpc) is 3.02. The second kappa shape index (κ2) is 6.27. The van der Waals surface area contributed by atoms with Crippen LogP contribution in [0, 0.1) is 6.92 Å². The minimum absolute atomic E-state index is 0.443. The largest absolute Gasteiger partial charge is 0.497 e. The van der Waals surface area contributed by atoms with Gasteiger partial charge in [0.25, 0.3) is 0 Å². The fourth-order valence-corrected chi connectivity index (χ4v) is 3.94. The molecule has 4 heteroatoms. The van der Waals surface area contributed by atoms with Gasteiger partial charge in [-0.15, -0.1) is 0 Å². The lowest BCUT2D eigenvalue weighted by molar-refractivity contribution is 0.379. The van der Waals surface area contributed by atoms with Gasteiger partial charge in [0, 0.05) is 12.1 Å². The molecule has 0 radical (unpaired) electrons. The van der Waals surface area contributed by atoms with Crippen molar-refractivity contribution in [3.05, 3.63) is 53.5 Å². The molecule has 1 fully saturated rings. The molecule has 124 valence electrons. The summed E-state index contributed by atoms with van der Waals surface area (Å²) in [5.74, 6) is 1.87. The smallest absolute Gasteiger partial charge is 0.156 e. The SMILES string of the molecule is COc1ccc(C2CCCCC2c2cnc3[nH]cc(C)c3n2)cc1. The van der Waals surface area contributed by atoms with Gasteiger partial charge in [0.15, 0.2) is 5.65 Å². The number of nitrogens with one attached hydrogen (secondary N) is 1. The molecule has 1 aliphatic rings. The second-order valence-corrected chi connectivity index (χ2v) is 6.73. The van der Waals surface area contributed by atoms with Gasteiger partial charge in [0.1, 0.15) is 11.3 Å². The maximum atomic E-state index is 5.29. The molecule has 2 unspecified atom stereocenters. The Morgan fingerprint density at radius 2 is 1.83 bits per heavy atom. The van der Waals surface area contributed by atoms with E-state index in [0.29, 0.717) is 11.8 Å². The lowest BCUT2D eigenvalue weighted by atomic mass is 9.74. The molecule has 1 saturated carbocycles. The number of hydrogen-bond donors (Lipinski definition) is 1. The Labute approximate surface area is 142 Å². The molecular formula is C20H23N3O. The van der Waals surface area contributed by atoms with E-state index in [4.69, 9.17) is 9.72 Å². The molecule has 1 aromatic carbocycles. The van der Waals surface area contributed by atoms with Crippen LogP contribution in [0.4, 0.5) is 0 Å². The first-order valence-corrected chi connectivity index (χ1v) is 8.71. The van der Waals surface area contributed by atoms with Gasteiger partial charge in [-0.2, -0.15) is 0 Å². The van der Waals surface area contributed by atoms with E-state index in [1.165, 1.54) is 31.2 Å². The number of rotatable bonds is 3. The summed E-state index contributed by atoms with van der Waals surface area (Å²) in [6.07, 6.45) is 8.89. The fraction of sp³-hybridized carbons (Fsp3) is 0.400. The van der Waals surface area contributed by atoms with Crippen LogP contribution < -0.4 is 4.74 Å². The summed E-state index contributed by atoms with van der Waals surface area (Å²) in [7, 11) is 1.71. The van der Waals surface area contributed by atoms with Crippen LogP contribution in [0.3, 0.4) is 0 Å². The van der Waals surface area contributed by atoms with Gasteiger partial charge < -0.3 is 9.72 Å². The normalized spacial score (nSPS) is 21.1. The minimum atomic E-state index is 0.443. The van der Waals surface area contributed by atoms with Crippen LogP contribution in [0.1, 0.15) is 54.3 Å². The molecule has 2 atom stereocenters. The van der Waals surface area contributed by atoms with Gasteiger partial charge in [0.05, 0.1) is 19.0 Å². The maximum Gasteiger partial charge on any atom is 0.156 e. The number of methoxy groups -OCH3 is 1. The Kier molecular flexibility index (Phi) is 3.97. The van der Waals surface area contributed by atoms with E-state index in [0.717, 1.165) is 28.2 Å². The Hall–Kier alpha value is -2.36. The molecule has 1 N–H and O–H groups in total. The molecule has 24 heavy (non-hydrogen) atoms. The lowest BCUT2D eigenvalue weighted by Gasteiger charge is -2.31. The first kappa shape index (κ1) is 15.2. The number of ether oxygens (including phenoxy) is 1. The third-order valence-corrected chi connectivity index (χ3v) is 5.28. The summed E-state index contributed by atoms with van der Waals surface area (Å²) in [6, 6.07) is 8.53. The first-order chi connectivity index (χ1) is 11.8. The second-order valence-electron chi connectivity index (χ2n) is 6.73. The van der Waals surface area contributed by atoms with Crippen molar-refractivity contribution in [2.24, 2.45) is 0 Å². The Morgan fingerprint density at radius 3 is 2.58 bits per heavy atom. The lowest BCUT2D eigenvalue weighted by Crippen LogP contribution is -2.17. The highest BCUT2D eigenvalue weighted by Gasteiger charge is 2.29. The molecule has 4 rings (SSSR count). The van der Waals surface area contributed by atoms with Gasteiger partial charge in [-0.1, -0.05) is 25.0 Å². The Bertz CT molecular complexity index is 838. The summed E-state index contributed by atoms with van der Waals surface area (Å²) in [5, 5.41) is 0. The van der Waals surface area contributed by atoms with E-state index in [9.17, 15) is 0 Å². The van der Waals surface area contributed by atoms with E-state index < -0.39 is 0 Å². The van der Waals surface area contributed by atoms with Crippen LogP contribution in [0.25, 0.3) is 11.2 Å². The van der Waals surface area contributed by atoms with Gasteiger partial charge in [0.2, 0.25) is 0 Å². The van der Waals surface area contributed by atoms with Crippen LogP contribution in [0.15, 0.2) is 36.7 Å². The van der Waals surface area contributed by atoms with Crippen LogP contribution in [0.5, 0.6) is 5.75 Å². The molecule has 0 saturated heterocycles. The highest BCUT2D eigenvalue weighted by atomic mass is 16.5. The van der Waals surface area contributed by atoms with Gasteiger partial charge in [-0.3, -0.25) is 0 Å². The van der Waals surface area contributed by atoms with Crippen molar-refractivity contribution in [1.29, 1.82) is 0 Å². The van der Waals surface area contributed by atoms with E-state index in [-0.39, 0.29) is 0 Å². The molecule has 0 amide bonds. The maximum absolute atomic E-state index is 5.29. The number of aromatic amines is 1. The zero-order chi connectivity index (χ0) is 16.5. The van der Waals surface area contributed by atoms with Crippen molar-refractivity contribution in [3.63, 3.8) is 0 Å². The molecule has 0 aliphatic heterocycles. The topological polar surface area (TPSA) is 50.8 Å². The number of aromatic nitrogens is 3. The molecule has 0 bridgehead atoms. The van der Waals surface area contributed by atoms with Gasteiger partial charge in [-0.25, -0.2) is 9.97 Å². The van der Waals surface area contributed by atoms with Crippen LogP contribution in [0.2, 0.25) is 0 Å². The third-order valence-electron chi connectivity index (χ3n) is 5.28. The molecule has 1 aliphatic carbocycles. The summed E-state index contributed by atoms with van der Waals surface area (Å²) in [6.45, 7) is 2.08. The van der Waals surface area contributed by atoms with Gasteiger partial charge in [-0.05, 0) is 48.9 Å². The van der Waals surface area contributed by atoms with Crippen molar-refractivity contribution in [2.45, 2.75) is 44.4 Å². The quantitative estimate of drug-likeness (QED) is 0.759. The van der Waals surface area contributed by atoms with Crippen LogP contribution in [-0.2, 0) is 0 Å². The van der Waals surface area contributed by atoms with Crippen molar-refractivity contribution < 1.29 is 4.74 Å². The number of fused-ring (bicyclic) bond motifs is 1. The molecular weight excluding hydrogens is 298 g/mol. The molecule has 3 aromatic rings. The molecule has 2 aromatic heterocycles. The zero-order valence-electron chi connectivity index (χ0n) is 14.2. The average molecular weight is 321 g/mol. The van der Waals surface area contributed by atoms with Crippen molar-refractivity contribution >= 4 is 11.2 Å². The standard InChI is InChI=1S/C20H23N3O/c1-13-11-21-20-19(13)23-18(12-22-20)17-6-4-3-5-16(17)14-7-9-15(24-2)10-8-14/h7-12,16-17H,3-6H2,1-2H3,(H,21,22). The number of aryl methyl sites for hydroxylation is 1. The third kappa shape index (κ3) is 2.66. The number of benzene rings is 1.